The lowest BCUT2D eigenvalue weighted by Gasteiger charge is -2.30. The molecule has 1 aliphatic rings. The van der Waals surface area contributed by atoms with Crippen molar-refractivity contribution < 1.29 is 19.1 Å². The van der Waals surface area contributed by atoms with Crippen LogP contribution < -0.4 is 0 Å². The predicted octanol–water partition coefficient (Wildman–Crippen LogP) is 7.73. The Labute approximate surface area is 219 Å². The van der Waals surface area contributed by atoms with Crippen LogP contribution in [0.3, 0.4) is 0 Å². The molecule has 0 N–H and O–H groups in total. The Morgan fingerprint density at radius 3 is 1.87 bits per heavy atom. The normalized spacial score (nSPS) is 16.5. The van der Waals surface area contributed by atoms with E-state index in [2.05, 4.69) is 48.5 Å². The molecule has 0 spiro atoms. The topological polar surface area (TPSA) is 52.6 Å². The quantitative estimate of drug-likeness (QED) is 0.186. The largest absolute Gasteiger partial charge is 0.450 e. The van der Waals surface area contributed by atoms with Crippen LogP contribution in [0.25, 0.3) is 38.4 Å². The van der Waals surface area contributed by atoms with Gasteiger partial charge in [0.15, 0.2) is 12.2 Å². The van der Waals surface area contributed by atoms with Gasteiger partial charge >= 0.3 is 11.9 Å². The van der Waals surface area contributed by atoms with Crippen molar-refractivity contribution in [2.24, 2.45) is 0 Å². The first-order chi connectivity index (χ1) is 18.7. The molecule has 4 nitrogen and oxygen atoms in total. The van der Waals surface area contributed by atoms with E-state index in [0.29, 0.717) is 11.1 Å². The smallest absolute Gasteiger partial charge is 0.338 e. The molecule has 0 heterocycles. The van der Waals surface area contributed by atoms with Gasteiger partial charge in [-0.2, -0.15) is 0 Å². The summed E-state index contributed by atoms with van der Waals surface area (Å²) >= 11 is 0. The molecule has 2 atom stereocenters. The Hall–Kier alpha value is -4.96. The molecule has 1 aliphatic carbocycles. The van der Waals surface area contributed by atoms with Gasteiger partial charge in [-0.15, -0.1) is 0 Å². The maximum atomic E-state index is 13.2. The maximum Gasteiger partial charge on any atom is 0.338 e. The second-order valence-corrected chi connectivity index (χ2v) is 9.52. The summed E-state index contributed by atoms with van der Waals surface area (Å²) in [7, 11) is 0. The van der Waals surface area contributed by atoms with Crippen LogP contribution >= 0.6 is 0 Å². The lowest BCUT2D eigenvalue weighted by molar-refractivity contribution is -0.0228. The molecule has 0 aliphatic heterocycles. The van der Waals surface area contributed by atoms with E-state index in [0.717, 1.165) is 21.9 Å². The molecule has 0 radical (unpaired) electrons. The van der Waals surface area contributed by atoms with E-state index in [1.807, 2.05) is 24.3 Å². The van der Waals surface area contributed by atoms with Gasteiger partial charge in [0.2, 0.25) is 0 Å². The monoisotopic (exact) mass is 494 g/mol. The summed E-state index contributed by atoms with van der Waals surface area (Å²) in [6.07, 6.45) is 2.22. The number of hydrogen-bond donors (Lipinski definition) is 0. The Morgan fingerprint density at radius 1 is 0.579 bits per heavy atom. The van der Waals surface area contributed by atoms with Gasteiger partial charge in [0.25, 0.3) is 0 Å². The summed E-state index contributed by atoms with van der Waals surface area (Å²) in [5.74, 6) is -0.940. The van der Waals surface area contributed by atoms with E-state index >= 15 is 0 Å². The molecule has 0 aromatic heterocycles. The Bertz CT molecular complexity index is 1840. The van der Waals surface area contributed by atoms with Crippen molar-refractivity contribution in [3.05, 3.63) is 138 Å². The summed E-state index contributed by atoms with van der Waals surface area (Å²) in [4.78, 5) is 26.2. The molecule has 0 saturated carbocycles. The van der Waals surface area contributed by atoms with Crippen molar-refractivity contribution in [1.82, 2.24) is 0 Å². The van der Waals surface area contributed by atoms with Gasteiger partial charge in [0, 0.05) is 5.56 Å². The Balaban J connectivity index is 1.37. The SMILES string of the molecule is O=C(O[C@@H]1c2cc3ccc4cccc5ccc(c2C=C[C@H]1OC(=O)c1ccccc1)c3c45)c1ccccc1. The van der Waals surface area contributed by atoms with Crippen molar-refractivity contribution in [3.8, 4) is 0 Å². The summed E-state index contributed by atoms with van der Waals surface area (Å²) in [6.45, 7) is 0. The molecule has 38 heavy (non-hydrogen) atoms. The highest BCUT2D eigenvalue weighted by molar-refractivity contribution is 6.24. The third-order valence-corrected chi connectivity index (χ3v) is 7.27. The molecular weight excluding hydrogens is 472 g/mol. The van der Waals surface area contributed by atoms with Gasteiger partial charge in [0.05, 0.1) is 11.1 Å². The predicted molar refractivity (Wildman–Crippen MR) is 149 cm³/mol. The molecule has 0 unspecified atom stereocenters. The highest BCUT2D eigenvalue weighted by Crippen LogP contribution is 2.43. The van der Waals surface area contributed by atoms with Crippen molar-refractivity contribution in [2.75, 3.05) is 0 Å². The van der Waals surface area contributed by atoms with Crippen LogP contribution in [-0.2, 0) is 9.47 Å². The van der Waals surface area contributed by atoms with E-state index in [4.69, 9.17) is 9.47 Å². The number of fused-ring (bicyclic) bond motifs is 2. The second-order valence-electron chi connectivity index (χ2n) is 9.52. The van der Waals surface area contributed by atoms with Gasteiger partial charge in [-0.3, -0.25) is 0 Å². The van der Waals surface area contributed by atoms with E-state index in [1.165, 1.54) is 21.5 Å². The standard InChI is InChI=1S/C34H22O4/c35-33(23-8-3-1-4-9-23)37-29-19-18-26-27-17-16-22-13-7-12-21-14-15-25(31(27)30(21)22)20-28(26)32(29)38-34(36)24-10-5-2-6-11-24/h1-20,29,32H/t29-,32-/m1/s1. The summed E-state index contributed by atoms with van der Waals surface area (Å²) < 4.78 is 12.0. The first-order valence-corrected chi connectivity index (χ1v) is 12.6. The molecule has 4 heteroatoms. The highest BCUT2D eigenvalue weighted by Gasteiger charge is 2.34. The molecule has 6 aromatic carbocycles. The van der Waals surface area contributed by atoms with Gasteiger partial charge in [-0.1, -0.05) is 84.9 Å². The average Bonchev–Trinajstić information content (AvgIpc) is 2.97. The van der Waals surface area contributed by atoms with Gasteiger partial charge < -0.3 is 9.47 Å². The number of carbonyl (C=O) groups excluding carboxylic acids is 2. The van der Waals surface area contributed by atoms with Crippen LogP contribution in [0.5, 0.6) is 0 Å². The van der Waals surface area contributed by atoms with Crippen LogP contribution in [0.1, 0.15) is 37.9 Å². The van der Waals surface area contributed by atoms with Crippen molar-refractivity contribution in [1.29, 1.82) is 0 Å². The zero-order chi connectivity index (χ0) is 25.6. The fourth-order valence-corrected chi connectivity index (χ4v) is 5.50. The number of ether oxygens (including phenoxy) is 2. The summed E-state index contributed by atoms with van der Waals surface area (Å²) in [6, 6.07) is 34.6. The fraction of sp³-hybridized carbons (Fsp3) is 0.0588. The fourth-order valence-electron chi connectivity index (χ4n) is 5.50. The van der Waals surface area contributed by atoms with Gasteiger partial charge in [0.1, 0.15) is 0 Å². The molecule has 0 bridgehead atoms. The average molecular weight is 495 g/mol. The number of esters is 2. The van der Waals surface area contributed by atoms with Crippen LogP contribution in [0.4, 0.5) is 0 Å². The first-order valence-electron chi connectivity index (χ1n) is 12.6. The Morgan fingerprint density at radius 2 is 1.18 bits per heavy atom. The van der Waals surface area contributed by atoms with E-state index in [9.17, 15) is 9.59 Å². The van der Waals surface area contributed by atoms with Crippen LogP contribution in [-0.4, -0.2) is 18.0 Å². The molecule has 182 valence electrons. The Kier molecular flexibility index (Phi) is 5.19. The van der Waals surface area contributed by atoms with Crippen molar-refractivity contribution in [3.63, 3.8) is 0 Å². The zero-order valence-electron chi connectivity index (χ0n) is 20.3. The number of carbonyl (C=O) groups is 2. The number of benzene rings is 6. The third-order valence-electron chi connectivity index (χ3n) is 7.27. The summed E-state index contributed by atoms with van der Waals surface area (Å²) in [5.41, 5.74) is 2.66. The molecule has 0 saturated heterocycles. The second kappa shape index (κ2) is 8.86. The molecule has 0 amide bonds. The zero-order valence-corrected chi connectivity index (χ0v) is 20.3. The van der Waals surface area contributed by atoms with Gasteiger partial charge in [-0.25, -0.2) is 9.59 Å². The van der Waals surface area contributed by atoms with E-state index < -0.39 is 24.1 Å². The van der Waals surface area contributed by atoms with Gasteiger partial charge in [-0.05, 0) is 74.3 Å². The van der Waals surface area contributed by atoms with Crippen LogP contribution in [0.15, 0.2) is 115 Å². The van der Waals surface area contributed by atoms with E-state index in [-0.39, 0.29) is 0 Å². The minimum atomic E-state index is -0.808. The van der Waals surface area contributed by atoms with Crippen LogP contribution in [0.2, 0.25) is 0 Å². The van der Waals surface area contributed by atoms with Crippen molar-refractivity contribution >= 4 is 50.3 Å². The molecule has 7 rings (SSSR count). The highest BCUT2D eigenvalue weighted by atomic mass is 16.6. The minimum absolute atomic E-state index is 0.439. The minimum Gasteiger partial charge on any atom is -0.450 e. The maximum absolute atomic E-state index is 13.2. The molecule has 0 fully saturated rings. The van der Waals surface area contributed by atoms with Crippen molar-refractivity contribution in [2.45, 2.75) is 12.2 Å². The number of hydrogen-bond acceptors (Lipinski definition) is 4. The first kappa shape index (κ1) is 22.3. The summed E-state index contributed by atoms with van der Waals surface area (Å²) in [5, 5.41) is 6.88. The third kappa shape index (κ3) is 3.61. The molecule has 6 aromatic rings. The molecular formula is C34H22O4. The van der Waals surface area contributed by atoms with E-state index in [1.54, 1.807) is 48.5 Å². The lowest BCUT2D eigenvalue weighted by Crippen LogP contribution is -2.30. The lowest BCUT2D eigenvalue weighted by atomic mass is 9.84. The van der Waals surface area contributed by atoms with Crippen LogP contribution in [0, 0.1) is 0 Å². The number of rotatable bonds is 4.